The molecule has 1 rings (SSSR count). The van der Waals surface area contributed by atoms with Crippen LogP contribution < -0.4 is 5.73 Å². The van der Waals surface area contributed by atoms with Gasteiger partial charge in [0.05, 0.1) is 0 Å². The molecule has 82 valence electrons. The molecule has 0 aliphatic heterocycles. The summed E-state index contributed by atoms with van der Waals surface area (Å²) < 4.78 is 5.03. The lowest BCUT2D eigenvalue weighted by molar-refractivity contribution is -0.160. The first-order chi connectivity index (χ1) is 7.14. The monoisotopic (exact) mass is 209 g/mol. The highest BCUT2D eigenvalue weighted by Crippen LogP contribution is 2.16. The second-order valence-corrected chi connectivity index (χ2v) is 3.37. The van der Waals surface area contributed by atoms with E-state index in [0.29, 0.717) is 0 Å². The van der Waals surface area contributed by atoms with Crippen molar-refractivity contribution in [1.82, 2.24) is 0 Å². The van der Waals surface area contributed by atoms with Gasteiger partial charge in [-0.05, 0) is 5.56 Å². The van der Waals surface area contributed by atoms with E-state index in [9.17, 15) is 4.79 Å². The van der Waals surface area contributed by atoms with Crippen LogP contribution in [0.15, 0.2) is 30.3 Å². The molecule has 0 fully saturated rings. The van der Waals surface area contributed by atoms with Crippen LogP contribution in [0, 0.1) is 0 Å². The average Bonchev–Trinajstić information content (AvgIpc) is 2.27. The highest BCUT2D eigenvalue weighted by atomic mass is 16.5. The van der Waals surface area contributed by atoms with Gasteiger partial charge in [0.25, 0.3) is 0 Å². The Kier molecular flexibility index (Phi) is 3.82. The minimum absolute atomic E-state index is 0.0479. The van der Waals surface area contributed by atoms with Crippen molar-refractivity contribution in [3.63, 3.8) is 0 Å². The summed E-state index contributed by atoms with van der Waals surface area (Å²) in [5.74, 6) is -1.03. The second-order valence-electron chi connectivity index (χ2n) is 3.37. The number of hydrogen-bond donors (Lipinski definition) is 2. The van der Waals surface area contributed by atoms with E-state index in [2.05, 4.69) is 0 Å². The van der Waals surface area contributed by atoms with Gasteiger partial charge in [0.15, 0.2) is 5.60 Å². The van der Waals surface area contributed by atoms with Crippen molar-refractivity contribution in [2.75, 3.05) is 13.7 Å². The molecule has 0 aliphatic rings. The van der Waals surface area contributed by atoms with Crippen LogP contribution in [-0.2, 0) is 16.0 Å². The van der Waals surface area contributed by atoms with Crippen molar-refractivity contribution < 1.29 is 14.6 Å². The zero-order valence-corrected chi connectivity index (χ0v) is 8.64. The van der Waals surface area contributed by atoms with Gasteiger partial charge in [0.1, 0.15) is 0 Å². The van der Waals surface area contributed by atoms with E-state index in [1.54, 1.807) is 0 Å². The minimum Gasteiger partial charge on any atom is -0.479 e. The summed E-state index contributed by atoms with van der Waals surface area (Å²) in [4.78, 5) is 11.1. The summed E-state index contributed by atoms with van der Waals surface area (Å²) in [5.41, 5.74) is 5.04. The Morgan fingerprint density at radius 1 is 1.47 bits per heavy atom. The van der Waals surface area contributed by atoms with Crippen LogP contribution in [-0.4, -0.2) is 30.3 Å². The van der Waals surface area contributed by atoms with Gasteiger partial charge >= 0.3 is 5.97 Å². The normalized spacial score (nSPS) is 14.5. The summed E-state index contributed by atoms with van der Waals surface area (Å²) in [6.45, 7) is -0.0479. The highest BCUT2D eigenvalue weighted by molar-refractivity contribution is 5.78. The van der Waals surface area contributed by atoms with Gasteiger partial charge in [-0.25, -0.2) is 4.79 Å². The number of ether oxygens (including phenoxy) is 1. The van der Waals surface area contributed by atoms with Crippen LogP contribution >= 0.6 is 0 Å². The summed E-state index contributed by atoms with van der Waals surface area (Å²) in [7, 11) is 1.36. The number of rotatable bonds is 5. The van der Waals surface area contributed by atoms with Gasteiger partial charge in [-0.2, -0.15) is 0 Å². The summed E-state index contributed by atoms with van der Waals surface area (Å²) in [6, 6.07) is 9.29. The predicted octanol–water partition coefficient (Wildman–Crippen LogP) is 0.658. The summed E-state index contributed by atoms with van der Waals surface area (Å²) in [6.07, 6.45) is 0.274. The van der Waals surface area contributed by atoms with Crippen LogP contribution in [0.4, 0.5) is 0 Å². The molecule has 0 amide bonds. The predicted molar refractivity (Wildman–Crippen MR) is 56.6 cm³/mol. The van der Waals surface area contributed by atoms with E-state index in [0.717, 1.165) is 5.56 Å². The highest BCUT2D eigenvalue weighted by Gasteiger charge is 2.37. The smallest absolute Gasteiger partial charge is 0.337 e. The lowest BCUT2D eigenvalue weighted by atomic mass is 9.94. The van der Waals surface area contributed by atoms with Crippen LogP contribution in [0.5, 0.6) is 0 Å². The van der Waals surface area contributed by atoms with Crippen LogP contribution in [0.25, 0.3) is 0 Å². The summed E-state index contributed by atoms with van der Waals surface area (Å²) in [5, 5.41) is 9.08. The van der Waals surface area contributed by atoms with Crippen LogP contribution in [0.3, 0.4) is 0 Å². The molecule has 15 heavy (non-hydrogen) atoms. The van der Waals surface area contributed by atoms with Crippen molar-refractivity contribution >= 4 is 5.97 Å². The lowest BCUT2D eigenvalue weighted by Gasteiger charge is -2.26. The number of hydrogen-bond acceptors (Lipinski definition) is 3. The second kappa shape index (κ2) is 4.91. The number of carboxylic acid groups (broad SMARTS) is 1. The maximum atomic E-state index is 11.1. The van der Waals surface area contributed by atoms with Crippen molar-refractivity contribution in [2.24, 2.45) is 5.73 Å². The van der Waals surface area contributed by atoms with E-state index in [-0.39, 0.29) is 13.0 Å². The molecule has 1 atom stereocenters. The van der Waals surface area contributed by atoms with Gasteiger partial charge < -0.3 is 15.6 Å². The number of nitrogens with two attached hydrogens (primary N) is 1. The Bertz CT molecular complexity index is 320. The first kappa shape index (κ1) is 11.7. The topological polar surface area (TPSA) is 72.5 Å². The molecule has 3 N–H and O–H groups in total. The van der Waals surface area contributed by atoms with E-state index in [1.807, 2.05) is 30.3 Å². The van der Waals surface area contributed by atoms with Crippen LogP contribution in [0.1, 0.15) is 5.56 Å². The molecule has 0 spiro atoms. The molecule has 0 radical (unpaired) electrons. The standard InChI is InChI=1S/C11H15NO3/c1-15-11(8-12,10(13)14)7-9-5-3-2-4-6-9/h2-6H,7-8,12H2,1H3,(H,13,14). The third-order valence-corrected chi connectivity index (χ3v) is 2.44. The largest absolute Gasteiger partial charge is 0.479 e. The number of methoxy groups -OCH3 is 1. The number of aliphatic carboxylic acids is 1. The van der Waals surface area contributed by atoms with Crippen molar-refractivity contribution in [1.29, 1.82) is 0 Å². The molecule has 4 nitrogen and oxygen atoms in total. The molecule has 0 saturated carbocycles. The quantitative estimate of drug-likeness (QED) is 0.747. The first-order valence-electron chi connectivity index (χ1n) is 4.67. The molecule has 1 unspecified atom stereocenters. The molecule has 1 aromatic carbocycles. The fourth-order valence-electron chi connectivity index (χ4n) is 1.40. The lowest BCUT2D eigenvalue weighted by Crippen LogP contribution is -2.49. The first-order valence-corrected chi connectivity index (χ1v) is 4.67. The number of benzene rings is 1. The number of carbonyl (C=O) groups is 1. The molecule has 1 aromatic rings. The maximum Gasteiger partial charge on any atom is 0.337 e. The van der Waals surface area contributed by atoms with Gasteiger partial charge in [-0.15, -0.1) is 0 Å². The third kappa shape index (κ3) is 2.55. The number of carboxylic acids is 1. The van der Waals surface area contributed by atoms with Crippen molar-refractivity contribution in [3.05, 3.63) is 35.9 Å². The SMILES string of the molecule is COC(CN)(Cc1ccccc1)C(=O)O. The minimum atomic E-state index is -1.32. The molecule has 0 heterocycles. The van der Waals surface area contributed by atoms with Crippen molar-refractivity contribution in [3.8, 4) is 0 Å². The molecule has 0 saturated heterocycles. The molecule has 0 aromatic heterocycles. The molecule has 0 bridgehead atoms. The average molecular weight is 209 g/mol. The van der Waals surface area contributed by atoms with E-state index < -0.39 is 11.6 Å². The zero-order valence-electron chi connectivity index (χ0n) is 8.64. The fraction of sp³-hybridized carbons (Fsp3) is 0.364. The van der Waals surface area contributed by atoms with E-state index in [4.69, 9.17) is 15.6 Å². The maximum absolute atomic E-state index is 11.1. The van der Waals surface area contributed by atoms with E-state index >= 15 is 0 Å². The fourth-order valence-corrected chi connectivity index (χ4v) is 1.40. The molecular weight excluding hydrogens is 194 g/mol. The van der Waals surface area contributed by atoms with Crippen LogP contribution in [0.2, 0.25) is 0 Å². The Morgan fingerprint density at radius 3 is 2.47 bits per heavy atom. The van der Waals surface area contributed by atoms with Gasteiger partial charge in [-0.1, -0.05) is 30.3 Å². The Balaban J connectivity index is 2.89. The molecular formula is C11H15NO3. The zero-order chi connectivity index (χ0) is 11.3. The van der Waals surface area contributed by atoms with Crippen molar-refractivity contribution in [2.45, 2.75) is 12.0 Å². The van der Waals surface area contributed by atoms with Gasteiger partial charge in [-0.3, -0.25) is 0 Å². The van der Waals surface area contributed by atoms with E-state index in [1.165, 1.54) is 7.11 Å². The molecule has 4 heteroatoms. The Labute approximate surface area is 88.7 Å². The van der Waals surface area contributed by atoms with Gasteiger partial charge in [0.2, 0.25) is 0 Å². The Hall–Kier alpha value is -1.39. The molecule has 0 aliphatic carbocycles. The summed E-state index contributed by atoms with van der Waals surface area (Å²) >= 11 is 0. The van der Waals surface area contributed by atoms with Gasteiger partial charge in [0, 0.05) is 20.1 Å². The third-order valence-electron chi connectivity index (χ3n) is 2.44. The Morgan fingerprint density at radius 2 is 2.07 bits per heavy atom.